The number of rotatable bonds is 3. The largest absolute Gasteiger partial charge is 0.370 e. The first-order chi connectivity index (χ1) is 6.58. The van der Waals surface area contributed by atoms with E-state index in [1.54, 1.807) is 13.2 Å². The number of hydrogen-bond donors (Lipinski definition) is 0. The van der Waals surface area contributed by atoms with Crippen LogP contribution in [0.15, 0.2) is 40.9 Å². The van der Waals surface area contributed by atoms with Crippen molar-refractivity contribution in [3.05, 3.63) is 46.5 Å². The maximum Gasteiger partial charge on any atom is 0.111 e. The van der Waals surface area contributed by atoms with Gasteiger partial charge in [0.2, 0.25) is 0 Å². The lowest BCUT2D eigenvalue weighted by molar-refractivity contribution is 0.0462. The minimum absolute atomic E-state index is 0.207. The Morgan fingerprint density at radius 1 is 1.29 bits per heavy atom. The molecule has 0 radical (unpaired) electrons. The number of hydrogen-bond acceptors (Lipinski definition) is 1. The summed E-state index contributed by atoms with van der Waals surface area (Å²) >= 11 is 11.3. The van der Waals surface area contributed by atoms with Crippen LogP contribution in [-0.2, 0) is 10.3 Å². The average molecular weight is 231 g/mol. The van der Waals surface area contributed by atoms with Crippen LogP contribution in [0.1, 0.15) is 12.5 Å². The van der Waals surface area contributed by atoms with E-state index in [-0.39, 0.29) is 4.49 Å². The van der Waals surface area contributed by atoms with Crippen molar-refractivity contribution in [2.24, 2.45) is 0 Å². The third-order valence-electron chi connectivity index (χ3n) is 2.16. The molecule has 1 aromatic rings. The molecule has 0 heterocycles. The third-order valence-corrected chi connectivity index (χ3v) is 2.37. The molecule has 0 aliphatic carbocycles. The quantitative estimate of drug-likeness (QED) is 0.767. The highest BCUT2D eigenvalue weighted by Crippen LogP contribution is 2.29. The first-order valence-corrected chi connectivity index (χ1v) is 4.98. The van der Waals surface area contributed by atoms with Gasteiger partial charge >= 0.3 is 0 Å². The Hall–Kier alpha value is -0.500. The van der Waals surface area contributed by atoms with Gasteiger partial charge in [-0.15, -0.1) is 0 Å². The molecule has 1 rings (SSSR count). The molecule has 0 amide bonds. The molecule has 0 N–H and O–H groups in total. The topological polar surface area (TPSA) is 9.23 Å². The van der Waals surface area contributed by atoms with E-state index < -0.39 is 5.60 Å². The second-order valence-corrected chi connectivity index (χ2v) is 4.12. The van der Waals surface area contributed by atoms with Gasteiger partial charge in [0.25, 0.3) is 0 Å². The van der Waals surface area contributed by atoms with Gasteiger partial charge in [0.1, 0.15) is 10.1 Å². The van der Waals surface area contributed by atoms with Crippen molar-refractivity contribution < 1.29 is 4.74 Å². The van der Waals surface area contributed by atoms with E-state index in [9.17, 15) is 0 Å². The Labute approximate surface area is 94.3 Å². The Balaban J connectivity index is 3.08. The van der Waals surface area contributed by atoms with Crippen LogP contribution in [0.3, 0.4) is 0 Å². The molecule has 0 aromatic heterocycles. The number of methoxy groups -OCH3 is 1. The zero-order valence-corrected chi connectivity index (χ0v) is 9.64. The molecule has 1 nitrogen and oxygen atoms in total. The lowest BCUT2D eigenvalue weighted by Crippen LogP contribution is -2.21. The SMILES string of the molecule is COC(C)(C=C(Cl)Cl)c1ccccc1. The molecule has 3 heteroatoms. The predicted molar refractivity (Wildman–Crippen MR) is 60.6 cm³/mol. The van der Waals surface area contributed by atoms with Crippen LogP contribution >= 0.6 is 23.2 Å². The van der Waals surface area contributed by atoms with Gasteiger partial charge in [0, 0.05) is 7.11 Å². The Kier molecular flexibility index (Phi) is 3.99. The summed E-state index contributed by atoms with van der Waals surface area (Å²) in [4.78, 5) is 0. The minimum atomic E-state index is -0.569. The van der Waals surface area contributed by atoms with Crippen molar-refractivity contribution in [3.63, 3.8) is 0 Å². The fourth-order valence-electron chi connectivity index (χ4n) is 1.24. The molecule has 0 fully saturated rings. The van der Waals surface area contributed by atoms with Gasteiger partial charge in [-0.3, -0.25) is 0 Å². The first-order valence-electron chi connectivity index (χ1n) is 4.23. The number of halogens is 2. The van der Waals surface area contributed by atoms with Crippen molar-refractivity contribution in [1.29, 1.82) is 0 Å². The van der Waals surface area contributed by atoms with Gasteiger partial charge in [-0.2, -0.15) is 0 Å². The van der Waals surface area contributed by atoms with Gasteiger partial charge in [0.05, 0.1) is 0 Å². The van der Waals surface area contributed by atoms with Crippen molar-refractivity contribution in [2.45, 2.75) is 12.5 Å². The van der Waals surface area contributed by atoms with E-state index >= 15 is 0 Å². The lowest BCUT2D eigenvalue weighted by atomic mass is 9.96. The maximum absolute atomic E-state index is 5.64. The van der Waals surface area contributed by atoms with Gasteiger partial charge in [-0.05, 0) is 18.6 Å². The number of ether oxygens (including phenoxy) is 1. The van der Waals surface area contributed by atoms with Crippen LogP contribution in [-0.4, -0.2) is 7.11 Å². The predicted octanol–water partition coefficient (Wildman–Crippen LogP) is 3.87. The maximum atomic E-state index is 5.64. The average Bonchev–Trinajstić information content (AvgIpc) is 2.18. The first kappa shape index (κ1) is 11.6. The van der Waals surface area contributed by atoms with Crippen LogP contribution in [0.25, 0.3) is 0 Å². The lowest BCUT2D eigenvalue weighted by Gasteiger charge is -2.24. The van der Waals surface area contributed by atoms with Gasteiger partial charge < -0.3 is 4.74 Å². The van der Waals surface area contributed by atoms with E-state index in [0.29, 0.717) is 0 Å². The van der Waals surface area contributed by atoms with Gasteiger partial charge in [-0.1, -0.05) is 53.5 Å². The van der Waals surface area contributed by atoms with Crippen LogP contribution in [0, 0.1) is 0 Å². The molecule has 0 saturated heterocycles. The fourth-order valence-corrected chi connectivity index (χ4v) is 1.65. The van der Waals surface area contributed by atoms with Crippen molar-refractivity contribution in [1.82, 2.24) is 0 Å². The Morgan fingerprint density at radius 2 is 1.86 bits per heavy atom. The summed E-state index contributed by atoms with van der Waals surface area (Å²) in [6, 6.07) is 9.78. The van der Waals surface area contributed by atoms with Crippen LogP contribution in [0.2, 0.25) is 0 Å². The molecule has 1 atom stereocenters. The molecule has 0 spiro atoms. The minimum Gasteiger partial charge on any atom is -0.370 e. The van der Waals surface area contributed by atoms with Crippen molar-refractivity contribution in [3.8, 4) is 0 Å². The van der Waals surface area contributed by atoms with E-state index in [4.69, 9.17) is 27.9 Å². The summed E-state index contributed by atoms with van der Waals surface area (Å²) < 4.78 is 5.60. The molecule has 14 heavy (non-hydrogen) atoms. The van der Waals surface area contributed by atoms with E-state index in [2.05, 4.69) is 0 Å². The summed E-state index contributed by atoms with van der Waals surface area (Å²) in [7, 11) is 1.63. The summed E-state index contributed by atoms with van der Waals surface area (Å²) in [5, 5.41) is 0. The molecule has 0 bridgehead atoms. The van der Waals surface area contributed by atoms with Crippen LogP contribution in [0.4, 0.5) is 0 Å². The standard InChI is InChI=1S/C11H12Cl2O/c1-11(14-2,8-10(12)13)9-6-4-3-5-7-9/h3-8H,1-2H3. The molecule has 76 valence electrons. The normalized spacial score (nSPS) is 14.6. The van der Waals surface area contributed by atoms with Gasteiger partial charge in [0.15, 0.2) is 0 Å². The summed E-state index contributed by atoms with van der Waals surface area (Å²) in [5.74, 6) is 0. The fraction of sp³-hybridized carbons (Fsp3) is 0.273. The molecular weight excluding hydrogens is 219 g/mol. The highest BCUT2D eigenvalue weighted by atomic mass is 35.5. The molecule has 0 aliphatic rings. The summed E-state index contributed by atoms with van der Waals surface area (Å²) in [6.45, 7) is 1.91. The third kappa shape index (κ3) is 2.74. The second-order valence-electron chi connectivity index (χ2n) is 3.11. The van der Waals surface area contributed by atoms with Crippen molar-refractivity contribution in [2.75, 3.05) is 7.11 Å². The van der Waals surface area contributed by atoms with Crippen LogP contribution < -0.4 is 0 Å². The van der Waals surface area contributed by atoms with Crippen molar-refractivity contribution >= 4 is 23.2 Å². The Morgan fingerprint density at radius 3 is 2.29 bits per heavy atom. The van der Waals surface area contributed by atoms with E-state index in [0.717, 1.165) is 5.56 Å². The number of benzene rings is 1. The van der Waals surface area contributed by atoms with Gasteiger partial charge in [-0.25, -0.2) is 0 Å². The Bertz CT molecular complexity index is 317. The van der Waals surface area contributed by atoms with E-state index in [1.807, 2.05) is 37.3 Å². The molecule has 0 saturated carbocycles. The monoisotopic (exact) mass is 230 g/mol. The highest BCUT2D eigenvalue weighted by molar-refractivity contribution is 6.55. The summed E-state index contributed by atoms with van der Waals surface area (Å²) in [6.07, 6.45) is 1.67. The molecular formula is C11H12Cl2O. The zero-order valence-electron chi connectivity index (χ0n) is 8.13. The zero-order chi connectivity index (χ0) is 10.6. The summed E-state index contributed by atoms with van der Waals surface area (Å²) in [5.41, 5.74) is 0.446. The molecule has 1 aromatic carbocycles. The highest BCUT2D eigenvalue weighted by Gasteiger charge is 2.23. The smallest absolute Gasteiger partial charge is 0.111 e. The molecule has 0 aliphatic heterocycles. The van der Waals surface area contributed by atoms with Crippen LogP contribution in [0.5, 0.6) is 0 Å². The second kappa shape index (κ2) is 4.83. The molecule has 1 unspecified atom stereocenters. The van der Waals surface area contributed by atoms with E-state index in [1.165, 1.54) is 0 Å².